The molecule has 0 amide bonds. The van der Waals surface area contributed by atoms with Crippen molar-refractivity contribution in [2.75, 3.05) is 0 Å². The second kappa shape index (κ2) is 2.00. The minimum absolute atomic E-state index is 0.0625. The van der Waals surface area contributed by atoms with Gasteiger partial charge in [0.25, 0.3) is 5.92 Å². The van der Waals surface area contributed by atoms with E-state index in [0.717, 1.165) is 12.8 Å². The molecule has 0 saturated heterocycles. The fourth-order valence-corrected chi connectivity index (χ4v) is 0.790. The Morgan fingerprint density at radius 2 is 2.00 bits per heavy atom. The summed E-state index contributed by atoms with van der Waals surface area (Å²) in [6, 6.07) is 0. The van der Waals surface area contributed by atoms with Crippen molar-refractivity contribution in [1.82, 2.24) is 0 Å². The molecule has 2 radical (unpaired) electrons. The number of hydrogen-bond donors (Lipinski definition) is 0. The molecule has 0 unspecified atom stereocenters. The third kappa shape index (κ3) is 1.42. The van der Waals surface area contributed by atoms with E-state index >= 15 is 0 Å². The maximum absolute atomic E-state index is 12.1. The molecule has 0 bridgehead atoms. The van der Waals surface area contributed by atoms with Gasteiger partial charge >= 0.3 is 0 Å². The van der Waals surface area contributed by atoms with Crippen LogP contribution in [0.15, 0.2) is 0 Å². The van der Waals surface area contributed by atoms with Crippen molar-refractivity contribution in [3.63, 3.8) is 0 Å². The van der Waals surface area contributed by atoms with Crippen LogP contribution in [0.5, 0.6) is 0 Å². The lowest BCUT2D eigenvalue weighted by Gasteiger charge is -2.19. The third-order valence-corrected chi connectivity index (χ3v) is 1.23. The molecule has 0 nitrogen and oxygen atoms in total. The molecule has 0 atom stereocenters. The quantitative estimate of drug-likeness (QED) is 0.457. The van der Waals surface area contributed by atoms with Crippen LogP contribution in [0.1, 0.15) is 19.3 Å². The van der Waals surface area contributed by atoms with Gasteiger partial charge in [0.2, 0.25) is 0 Å². The van der Waals surface area contributed by atoms with Crippen molar-refractivity contribution in [3.05, 3.63) is 12.8 Å². The first-order chi connectivity index (χ1) is 3.71. The van der Waals surface area contributed by atoms with Gasteiger partial charge in [0, 0.05) is 12.8 Å². The lowest BCUT2D eigenvalue weighted by molar-refractivity contribution is 0.0243. The predicted molar refractivity (Wildman–Crippen MR) is 27.4 cm³/mol. The minimum atomic E-state index is -2.50. The molecule has 1 fully saturated rings. The molecule has 1 aliphatic carbocycles. The van der Waals surface area contributed by atoms with Gasteiger partial charge in [0.05, 0.1) is 0 Å². The number of alkyl halides is 2. The zero-order valence-electron chi connectivity index (χ0n) is 4.53. The van der Waals surface area contributed by atoms with Gasteiger partial charge in [0.1, 0.15) is 0 Å². The molecule has 1 rings (SSSR count). The first-order valence-electron chi connectivity index (χ1n) is 2.74. The van der Waals surface area contributed by atoms with Crippen LogP contribution in [0.4, 0.5) is 8.78 Å². The molecule has 0 aromatic carbocycles. The Kier molecular flexibility index (Phi) is 1.49. The maximum Gasteiger partial charge on any atom is 0.251 e. The van der Waals surface area contributed by atoms with Crippen molar-refractivity contribution >= 4 is 0 Å². The van der Waals surface area contributed by atoms with Crippen LogP contribution in [0.25, 0.3) is 0 Å². The number of halogens is 2. The zero-order chi connectivity index (χ0) is 6.04. The summed E-state index contributed by atoms with van der Waals surface area (Å²) >= 11 is 0. The first-order valence-corrected chi connectivity index (χ1v) is 2.74. The molecule has 0 heterocycles. The molecular weight excluding hydrogens is 110 g/mol. The summed E-state index contributed by atoms with van der Waals surface area (Å²) in [4.78, 5) is 0. The van der Waals surface area contributed by atoms with Crippen LogP contribution in [0, 0.1) is 12.8 Å². The summed E-state index contributed by atoms with van der Waals surface area (Å²) in [6.45, 7) is 0. The maximum atomic E-state index is 12.1. The Hall–Kier alpha value is -0.140. The van der Waals surface area contributed by atoms with Crippen molar-refractivity contribution in [3.8, 4) is 0 Å². The van der Waals surface area contributed by atoms with Crippen molar-refractivity contribution in [1.29, 1.82) is 0 Å². The van der Waals surface area contributed by atoms with Crippen LogP contribution in [-0.4, -0.2) is 5.92 Å². The van der Waals surface area contributed by atoms with E-state index in [1.54, 1.807) is 6.42 Å². The lowest BCUT2D eigenvalue weighted by atomic mass is 9.97. The average molecular weight is 118 g/mol. The molecule has 46 valence electrons. The molecule has 0 N–H and O–H groups in total. The largest absolute Gasteiger partial charge is 0.251 e. The highest BCUT2D eigenvalue weighted by atomic mass is 19.3. The van der Waals surface area contributed by atoms with Gasteiger partial charge in [-0.05, 0) is 19.3 Å². The summed E-state index contributed by atoms with van der Waals surface area (Å²) in [5, 5.41) is 0. The molecule has 0 aliphatic heterocycles. The van der Waals surface area contributed by atoms with Crippen LogP contribution in [-0.2, 0) is 0 Å². The van der Waals surface area contributed by atoms with Gasteiger partial charge in [-0.25, -0.2) is 8.78 Å². The van der Waals surface area contributed by atoms with E-state index in [2.05, 4.69) is 0 Å². The third-order valence-electron chi connectivity index (χ3n) is 1.23. The highest BCUT2D eigenvalue weighted by molar-refractivity contribution is 4.94. The molecule has 1 saturated carbocycles. The van der Waals surface area contributed by atoms with Crippen molar-refractivity contribution in [2.24, 2.45) is 0 Å². The molecule has 0 spiro atoms. The van der Waals surface area contributed by atoms with E-state index in [4.69, 9.17) is 0 Å². The standard InChI is InChI=1S/C6H8F2/c7-6(8)4-2-1-3-5-6/h2,5H,1,3-4H2. The summed E-state index contributed by atoms with van der Waals surface area (Å²) in [5.74, 6) is -2.50. The fraction of sp³-hybridized carbons (Fsp3) is 0.667. The van der Waals surface area contributed by atoms with Gasteiger partial charge in [-0.1, -0.05) is 0 Å². The van der Waals surface area contributed by atoms with E-state index in [0.29, 0.717) is 6.42 Å². The normalized spacial score (nSPS) is 27.8. The molecule has 0 aromatic rings. The van der Waals surface area contributed by atoms with Crippen molar-refractivity contribution in [2.45, 2.75) is 25.2 Å². The van der Waals surface area contributed by atoms with Crippen LogP contribution >= 0.6 is 0 Å². The van der Waals surface area contributed by atoms with Crippen LogP contribution in [0.3, 0.4) is 0 Å². The highest BCUT2D eigenvalue weighted by Gasteiger charge is 2.30. The van der Waals surface area contributed by atoms with E-state index in [9.17, 15) is 8.78 Å². The Bertz CT molecular complexity index is 70.6. The second-order valence-corrected chi connectivity index (χ2v) is 2.04. The van der Waals surface area contributed by atoms with E-state index in [1.165, 1.54) is 0 Å². The summed E-state index contributed by atoms with van der Waals surface area (Å²) in [7, 11) is 0. The molecule has 1 aliphatic rings. The van der Waals surface area contributed by atoms with E-state index < -0.39 is 5.92 Å². The van der Waals surface area contributed by atoms with Gasteiger partial charge in [-0.2, -0.15) is 0 Å². The fourth-order valence-electron chi connectivity index (χ4n) is 0.790. The minimum Gasteiger partial charge on any atom is -0.207 e. The average Bonchev–Trinajstić information content (AvgIpc) is 1.65. The predicted octanol–water partition coefficient (Wildman–Crippen LogP) is 2.21. The van der Waals surface area contributed by atoms with E-state index in [-0.39, 0.29) is 6.42 Å². The van der Waals surface area contributed by atoms with E-state index in [1.807, 2.05) is 0 Å². The summed E-state index contributed by atoms with van der Waals surface area (Å²) < 4.78 is 24.2. The zero-order valence-corrected chi connectivity index (χ0v) is 4.53. The Morgan fingerprint density at radius 1 is 1.25 bits per heavy atom. The topological polar surface area (TPSA) is 0 Å². The number of rotatable bonds is 0. The summed E-state index contributed by atoms with van der Waals surface area (Å²) in [5.41, 5.74) is 0. The van der Waals surface area contributed by atoms with Crippen LogP contribution in [0.2, 0.25) is 0 Å². The molecule has 8 heavy (non-hydrogen) atoms. The monoisotopic (exact) mass is 118 g/mol. The Labute approximate surface area is 47.9 Å². The molecular formula is C6H8F2. The SMILES string of the molecule is FC1(F)[CH]CC[CH]C1. The highest BCUT2D eigenvalue weighted by Crippen LogP contribution is 2.30. The Morgan fingerprint density at radius 3 is 2.25 bits per heavy atom. The van der Waals surface area contributed by atoms with Gasteiger partial charge in [-0.15, -0.1) is 0 Å². The number of hydrogen-bond acceptors (Lipinski definition) is 0. The van der Waals surface area contributed by atoms with Crippen molar-refractivity contribution < 1.29 is 8.78 Å². The first kappa shape index (κ1) is 5.99. The van der Waals surface area contributed by atoms with Gasteiger partial charge < -0.3 is 0 Å². The molecule has 0 aromatic heterocycles. The van der Waals surface area contributed by atoms with Gasteiger partial charge in [0.15, 0.2) is 0 Å². The summed E-state index contributed by atoms with van der Waals surface area (Å²) in [6.07, 6.45) is 4.02. The Balaban J connectivity index is 2.33. The lowest BCUT2D eigenvalue weighted by Crippen LogP contribution is -2.20. The van der Waals surface area contributed by atoms with Gasteiger partial charge in [-0.3, -0.25) is 0 Å². The van der Waals surface area contributed by atoms with Crippen LogP contribution < -0.4 is 0 Å². The second-order valence-electron chi connectivity index (χ2n) is 2.04. The molecule has 2 heteroatoms. The smallest absolute Gasteiger partial charge is 0.207 e.